The van der Waals surface area contributed by atoms with Crippen molar-refractivity contribution in [3.05, 3.63) is 34.6 Å². The summed E-state index contributed by atoms with van der Waals surface area (Å²) >= 11 is 0. The molecule has 0 saturated carbocycles. The molecule has 0 unspecified atom stereocenters. The van der Waals surface area contributed by atoms with E-state index in [0.29, 0.717) is 23.6 Å². The monoisotopic (exact) mass is 273 g/mol. The lowest BCUT2D eigenvalue weighted by atomic mass is 10.1. The second-order valence-corrected chi connectivity index (χ2v) is 5.18. The van der Waals surface area contributed by atoms with E-state index in [2.05, 4.69) is 27.5 Å². The van der Waals surface area contributed by atoms with Crippen molar-refractivity contribution in [3.63, 3.8) is 0 Å². The van der Waals surface area contributed by atoms with Crippen molar-refractivity contribution in [2.24, 2.45) is 0 Å². The predicted molar refractivity (Wildman–Crippen MR) is 77.5 cm³/mol. The van der Waals surface area contributed by atoms with Crippen molar-refractivity contribution < 1.29 is 0 Å². The first-order chi connectivity index (χ1) is 9.79. The van der Waals surface area contributed by atoms with Gasteiger partial charge in [0.15, 0.2) is 0 Å². The molecule has 1 aliphatic rings. The summed E-state index contributed by atoms with van der Waals surface area (Å²) in [5, 5.41) is 12.1. The summed E-state index contributed by atoms with van der Waals surface area (Å²) in [5.74, 6) is 0. The van der Waals surface area contributed by atoms with Crippen LogP contribution in [0.2, 0.25) is 0 Å². The number of hydrogen-bond acceptors (Lipinski definition) is 5. The lowest BCUT2D eigenvalue weighted by Crippen LogP contribution is -2.58. The van der Waals surface area contributed by atoms with Crippen LogP contribution in [0.3, 0.4) is 0 Å². The van der Waals surface area contributed by atoms with Crippen LogP contribution < -0.4 is 10.9 Å². The number of fused-ring (bicyclic) bond motifs is 1. The molecule has 0 aliphatic carbocycles. The van der Waals surface area contributed by atoms with Gasteiger partial charge < -0.3 is 5.32 Å². The molecule has 1 aromatic carbocycles. The second-order valence-electron chi connectivity index (χ2n) is 5.18. The first-order valence-electron chi connectivity index (χ1n) is 7.07. The molecule has 3 rings (SSSR count). The molecule has 20 heavy (non-hydrogen) atoms. The Balaban J connectivity index is 1.89. The zero-order valence-electron chi connectivity index (χ0n) is 11.6. The SMILES string of the molecule is CCCN(Cn1nnc2ccccc2c1=O)C1CNC1. The van der Waals surface area contributed by atoms with Gasteiger partial charge in [0.2, 0.25) is 0 Å². The molecule has 6 nitrogen and oxygen atoms in total. The molecule has 0 radical (unpaired) electrons. The van der Waals surface area contributed by atoms with Gasteiger partial charge in [-0.1, -0.05) is 24.3 Å². The predicted octanol–water partition coefficient (Wildman–Crippen LogP) is 0.433. The van der Waals surface area contributed by atoms with E-state index in [-0.39, 0.29) is 5.56 Å². The molecular formula is C14H19N5O. The van der Waals surface area contributed by atoms with Gasteiger partial charge in [-0.3, -0.25) is 9.69 Å². The summed E-state index contributed by atoms with van der Waals surface area (Å²) in [4.78, 5) is 14.7. The van der Waals surface area contributed by atoms with E-state index in [1.54, 1.807) is 6.07 Å². The van der Waals surface area contributed by atoms with E-state index in [1.807, 2.05) is 18.2 Å². The number of nitrogens with one attached hydrogen (secondary N) is 1. The maximum Gasteiger partial charge on any atom is 0.278 e. The third kappa shape index (κ3) is 2.44. The Bertz CT molecular complexity index is 649. The summed E-state index contributed by atoms with van der Waals surface area (Å²) in [6.45, 7) is 5.59. The fraction of sp³-hybridized carbons (Fsp3) is 0.500. The molecule has 0 bridgehead atoms. The fourth-order valence-electron chi connectivity index (χ4n) is 2.48. The van der Waals surface area contributed by atoms with Crippen LogP contribution >= 0.6 is 0 Å². The topological polar surface area (TPSA) is 63.1 Å². The van der Waals surface area contributed by atoms with E-state index >= 15 is 0 Å². The number of nitrogens with zero attached hydrogens (tertiary/aromatic N) is 4. The zero-order valence-corrected chi connectivity index (χ0v) is 11.6. The summed E-state index contributed by atoms with van der Waals surface area (Å²) in [5.41, 5.74) is 0.588. The smallest absolute Gasteiger partial charge is 0.278 e. The molecule has 6 heteroatoms. The van der Waals surface area contributed by atoms with Gasteiger partial charge in [-0.05, 0) is 18.6 Å². The Labute approximate surface area is 117 Å². The van der Waals surface area contributed by atoms with Gasteiger partial charge in [0, 0.05) is 25.7 Å². The Morgan fingerprint density at radius 1 is 1.40 bits per heavy atom. The Morgan fingerprint density at radius 3 is 2.90 bits per heavy atom. The molecule has 106 valence electrons. The van der Waals surface area contributed by atoms with E-state index < -0.39 is 0 Å². The average Bonchev–Trinajstić information content (AvgIpc) is 2.40. The summed E-state index contributed by atoms with van der Waals surface area (Å²) in [7, 11) is 0. The first kappa shape index (κ1) is 13.2. The highest BCUT2D eigenvalue weighted by atomic mass is 16.1. The largest absolute Gasteiger partial charge is 0.314 e. The van der Waals surface area contributed by atoms with Crippen LogP contribution in [0, 0.1) is 0 Å². The van der Waals surface area contributed by atoms with E-state index in [9.17, 15) is 4.79 Å². The van der Waals surface area contributed by atoms with Crippen molar-refractivity contribution in [1.82, 2.24) is 25.2 Å². The van der Waals surface area contributed by atoms with Gasteiger partial charge in [0.05, 0.1) is 12.1 Å². The molecule has 2 aromatic rings. The van der Waals surface area contributed by atoms with Gasteiger partial charge in [0.1, 0.15) is 5.52 Å². The molecule has 1 saturated heterocycles. The molecule has 0 amide bonds. The summed E-state index contributed by atoms with van der Waals surface area (Å²) in [6, 6.07) is 7.83. The maximum absolute atomic E-state index is 12.4. The Hall–Kier alpha value is -1.79. The van der Waals surface area contributed by atoms with Crippen LogP contribution in [0.25, 0.3) is 10.9 Å². The van der Waals surface area contributed by atoms with Crippen LogP contribution in [0.5, 0.6) is 0 Å². The van der Waals surface area contributed by atoms with Gasteiger partial charge in [0.25, 0.3) is 5.56 Å². The third-order valence-electron chi connectivity index (χ3n) is 3.73. The third-order valence-corrected chi connectivity index (χ3v) is 3.73. The average molecular weight is 273 g/mol. The quantitative estimate of drug-likeness (QED) is 0.856. The number of benzene rings is 1. The molecular weight excluding hydrogens is 254 g/mol. The number of aromatic nitrogens is 3. The highest BCUT2D eigenvalue weighted by Crippen LogP contribution is 2.08. The highest BCUT2D eigenvalue weighted by molar-refractivity contribution is 5.76. The van der Waals surface area contributed by atoms with E-state index in [0.717, 1.165) is 26.1 Å². The van der Waals surface area contributed by atoms with Crippen molar-refractivity contribution >= 4 is 10.9 Å². The molecule has 1 aliphatic heterocycles. The van der Waals surface area contributed by atoms with Crippen LogP contribution in [-0.2, 0) is 6.67 Å². The minimum absolute atomic E-state index is 0.0658. The number of rotatable bonds is 5. The van der Waals surface area contributed by atoms with Crippen molar-refractivity contribution in [3.8, 4) is 0 Å². The zero-order chi connectivity index (χ0) is 13.9. The van der Waals surface area contributed by atoms with Crippen molar-refractivity contribution in [2.45, 2.75) is 26.1 Å². The van der Waals surface area contributed by atoms with E-state index in [1.165, 1.54) is 4.68 Å². The summed E-state index contributed by atoms with van der Waals surface area (Å²) < 4.78 is 1.47. The standard InChI is InChI=1S/C14H19N5O/c1-2-7-18(11-8-15-9-11)10-19-14(20)12-5-3-4-6-13(12)16-17-19/h3-6,11,15H,2,7-10H2,1H3. The van der Waals surface area contributed by atoms with Gasteiger partial charge in [-0.25, -0.2) is 0 Å². The lowest BCUT2D eigenvalue weighted by Gasteiger charge is -2.37. The number of hydrogen-bond donors (Lipinski definition) is 1. The molecule has 0 atom stereocenters. The van der Waals surface area contributed by atoms with E-state index in [4.69, 9.17) is 0 Å². The normalized spacial score (nSPS) is 15.7. The van der Waals surface area contributed by atoms with Crippen LogP contribution in [0.1, 0.15) is 13.3 Å². The van der Waals surface area contributed by atoms with Crippen LogP contribution in [0.4, 0.5) is 0 Å². The molecule has 1 fully saturated rings. The molecule has 2 heterocycles. The first-order valence-corrected chi connectivity index (χ1v) is 7.07. The minimum Gasteiger partial charge on any atom is -0.314 e. The van der Waals surface area contributed by atoms with Crippen LogP contribution in [0.15, 0.2) is 29.1 Å². The van der Waals surface area contributed by atoms with Crippen molar-refractivity contribution in [2.75, 3.05) is 19.6 Å². The second kappa shape index (κ2) is 5.68. The highest BCUT2D eigenvalue weighted by Gasteiger charge is 2.24. The van der Waals surface area contributed by atoms with Gasteiger partial charge in [-0.2, -0.15) is 4.68 Å². The minimum atomic E-state index is -0.0658. The van der Waals surface area contributed by atoms with Crippen LogP contribution in [-0.4, -0.2) is 45.6 Å². The van der Waals surface area contributed by atoms with Crippen molar-refractivity contribution in [1.29, 1.82) is 0 Å². The van der Waals surface area contributed by atoms with Gasteiger partial charge in [-0.15, -0.1) is 5.10 Å². The molecule has 0 spiro atoms. The molecule has 1 N–H and O–H groups in total. The van der Waals surface area contributed by atoms with Gasteiger partial charge >= 0.3 is 0 Å². The Morgan fingerprint density at radius 2 is 2.20 bits per heavy atom. The fourth-order valence-corrected chi connectivity index (χ4v) is 2.48. The Kier molecular flexibility index (Phi) is 3.75. The lowest BCUT2D eigenvalue weighted by molar-refractivity contribution is 0.100. The molecule has 1 aromatic heterocycles. The maximum atomic E-state index is 12.4. The summed E-state index contributed by atoms with van der Waals surface area (Å²) in [6.07, 6.45) is 1.06.